The van der Waals surface area contributed by atoms with Crippen molar-refractivity contribution in [2.24, 2.45) is 156 Å². The first-order valence-corrected chi connectivity index (χ1v) is 45.0. The third-order valence-corrected chi connectivity index (χ3v) is 31.1. The first kappa shape index (κ1) is 92.1. The molecular weight excluding hydrogens is 1500 g/mol. The minimum absolute atomic E-state index is 0. The third kappa shape index (κ3) is 22.8. The van der Waals surface area contributed by atoms with Crippen LogP contribution in [-0.4, -0.2) is 145 Å². The van der Waals surface area contributed by atoms with Gasteiger partial charge in [0.05, 0.1) is 12.2 Å². The second-order valence-corrected chi connectivity index (χ2v) is 46.8. The zero-order valence-electron chi connectivity index (χ0n) is 72.8. The van der Waals surface area contributed by atoms with Crippen molar-refractivity contribution >= 4 is 43.0 Å². The van der Waals surface area contributed by atoms with Gasteiger partial charge in [0, 0.05) is 19.6 Å². The van der Waals surface area contributed by atoms with Gasteiger partial charge in [-0.05, 0) is 455 Å². The summed E-state index contributed by atoms with van der Waals surface area (Å²) >= 11 is 0. The number of alkyl halides is 4. The summed E-state index contributed by atoms with van der Waals surface area (Å²) in [5, 5.41) is 29.1. The zero-order valence-corrected chi connectivity index (χ0v) is 73.7. The molecule has 11 N–H and O–H groups in total. The Morgan fingerprint density at radius 2 is 0.461 bits per heavy atom. The van der Waals surface area contributed by atoms with Crippen molar-refractivity contribution in [2.75, 3.05) is 39.3 Å². The minimum atomic E-state index is -1.06. The number of carbonyl (C=O) groups is 5. The average molecular weight is 1650 g/mol. The Morgan fingerprint density at radius 3 is 0.652 bits per heavy atom. The van der Waals surface area contributed by atoms with Gasteiger partial charge in [-0.2, -0.15) is 0 Å². The molecular formula is C91H153ClF4N6O13. The molecule has 24 aliphatic carbocycles. The lowest BCUT2D eigenvalue weighted by Gasteiger charge is -2.58. The fourth-order valence-electron chi connectivity index (χ4n) is 28.6. The van der Waals surface area contributed by atoms with E-state index in [0.717, 1.165) is 172 Å². The summed E-state index contributed by atoms with van der Waals surface area (Å²) < 4.78 is 85.6. The van der Waals surface area contributed by atoms with E-state index >= 15 is 0 Å². The van der Waals surface area contributed by atoms with Crippen LogP contribution in [0.5, 0.6) is 0 Å². The number of carbonyl (C=O) groups excluding carboxylic acids is 5. The van der Waals surface area contributed by atoms with Crippen molar-refractivity contribution in [1.29, 1.82) is 0 Å². The SMILES string of the molecule is CC(C)(C)OC(=O)NCC12CC3CC(C1)C(F)C(C3)C2.CC(C)(C)OC(=O)NCC12CC3CC(C1)C(F)C(C3)C2.CC(C)(C)OC(=O)NCC12CC3CC(C1)C(O)C(C3)C2.CC(C)(C)OC(=O)OC(=O)OC(C)(C)C.Cl.NCC12CC3CC(C1)C(F)C(C3)C2.NCC12CC3CC(C1)C(F)C(C3)C2.NCC12CC3CC(C1)C(O)C(C3)C2. The lowest BCUT2D eigenvalue weighted by molar-refractivity contribution is -0.132. The number of halogens is 5. The van der Waals surface area contributed by atoms with Crippen molar-refractivity contribution < 1.29 is 80.2 Å². The minimum Gasteiger partial charge on any atom is -0.444 e. The van der Waals surface area contributed by atoms with Gasteiger partial charge in [-0.15, -0.1) is 12.4 Å². The number of aliphatic hydroxyl groups is 2. The quantitative estimate of drug-likeness (QED) is 0.0461. The highest BCUT2D eigenvalue weighted by Gasteiger charge is 2.61. The largest absolute Gasteiger partial charge is 0.519 e. The molecule has 0 radical (unpaired) electrons. The van der Waals surface area contributed by atoms with Gasteiger partial charge in [-0.3, -0.25) is 0 Å². The molecule has 0 spiro atoms. The second kappa shape index (κ2) is 34.9. The van der Waals surface area contributed by atoms with E-state index in [1.807, 2.05) is 62.3 Å². The molecule has 0 aromatic carbocycles. The smallest absolute Gasteiger partial charge is 0.444 e. The second-order valence-electron chi connectivity index (χ2n) is 46.8. The van der Waals surface area contributed by atoms with E-state index in [4.69, 9.17) is 40.9 Å². The zero-order chi connectivity index (χ0) is 83.1. The van der Waals surface area contributed by atoms with Gasteiger partial charge in [0.25, 0.3) is 0 Å². The van der Waals surface area contributed by atoms with E-state index in [0.29, 0.717) is 95.1 Å². The summed E-state index contributed by atoms with van der Waals surface area (Å²) in [5.74, 6) is 9.18. The van der Waals surface area contributed by atoms with Gasteiger partial charge in [0.2, 0.25) is 0 Å². The molecule has 24 fully saturated rings. The van der Waals surface area contributed by atoms with Crippen LogP contribution in [0.25, 0.3) is 0 Å². The molecule has 0 saturated heterocycles. The van der Waals surface area contributed by atoms with Gasteiger partial charge in [0.1, 0.15) is 52.7 Å². The molecule has 0 aromatic rings. The fourth-order valence-corrected chi connectivity index (χ4v) is 28.6. The Balaban J connectivity index is 0.000000133. The Hall–Kier alpha value is -3.64. The lowest BCUT2D eigenvalue weighted by Crippen LogP contribution is -2.56. The summed E-state index contributed by atoms with van der Waals surface area (Å²) in [6, 6.07) is 0. The maximum absolute atomic E-state index is 14.2. The van der Waals surface area contributed by atoms with Crippen LogP contribution in [0.1, 0.15) is 296 Å². The predicted molar refractivity (Wildman–Crippen MR) is 438 cm³/mol. The molecule has 0 aliphatic heterocycles. The molecule has 24 saturated carbocycles. The predicted octanol–water partition coefficient (Wildman–Crippen LogP) is 18.7. The van der Waals surface area contributed by atoms with Crippen molar-refractivity contribution in [3.63, 3.8) is 0 Å². The molecule has 24 heteroatoms. The van der Waals surface area contributed by atoms with Crippen LogP contribution in [0, 0.1) is 139 Å². The van der Waals surface area contributed by atoms with Gasteiger partial charge >= 0.3 is 30.6 Å². The number of aliphatic hydroxyl groups excluding tert-OH is 2. The van der Waals surface area contributed by atoms with Crippen LogP contribution < -0.4 is 33.2 Å². The number of nitrogens with one attached hydrogen (secondary N) is 3. The maximum Gasteiger partial charge on any atom is 0.519 e. The Morgan fingerprint density at radius 1 is 0.296 bits per heavy atom. The summed E-state index contributed by atoms with van der Waals surface area (Å²) in [6.45, 7) is 31.3. The van der Waals surface area contributed by atoms with Crippen LogP contribution in [0.3, 0.4) is 0 Å². The summed E-state index contributed by atoms with van der Waals surface area (Å²) in [7, 11) is 0. The van der Waals surface area contributed by atoms with Crippen molar-refractivity contribution in [3.05, 3.63) is 0 Å². The van der Waals surface area contributed by atoms with E-state index in [2.05, 4.69) is 20.7 Å². The summed E-state index contributed by atoms with van der Waals surface area (Å²) in [6.07, 6.45) is 28.5. The van der Waals surface area contributed by atoms with Crippen LogP contribution >= 0.6 is 12.4 Å². The monoisotopic (exact) mass is 1650 g/mol. The van der Waals surface area contributed by atoms with E-state index in [1.54, 1.807) is 41.5 Å². The topological polar surface area (TPSA) is 295 Å². The summed E-state index contributed by atoms with van der Waals surface area (Å²) in [4.78, 5) is 57.5. The molecule has 12 unspecified atom stereocenters. The molecule has 12 atom stereocenters. The van der Waals surface area contributed by atoms with Crippen LogP contribution in [0.4, 0.5) is 41.5 Å². The number of nitrogens with two attached hydrogens (primary N) is 3. The van der Waals surface area contributed by atoms with Gasteiger partial charge in [0.15, 0.2) is 0 Å². The van der Waals surface area contributed by atoms with Gasteiger partial charge < -0.3 is 71.8 Å². The first-order chi connectivity index (χ1) is 53.0. The number of amides is 3. The van der Waals surface area contributed by atoms with Crippen molar-refractivity contribution in [2.45, 2.75) is 361 Å². The fraction of sp³-hybridized carbons (Fsp3) is 0.945. The molecule has 19 nitrogen and oxygen atoms in total. The highest BCUT2D eigenvalue weighted by Crippen LogP contribution is 2.66. The number of ether oxygens (including phenoxy) is 6. The first-order valence-electron chi connectivity index (χ1n) is 45.0. The standard InChI is InChI=1S/2C16H26FNO2.C16H27NO3.2C11H18FN.C11H19NO.C10H18O5.ClH/c2*1-15(2,3)20-14(19)18-9-16-6-10-4-11(7-16)13(17)12(5-10)8-16;1-15(2,3)20-14(19)17-9-16-6-10-4-11(7-16)13(18)12(5-10)8-16;2*12-10-8-1-7-2-9(10)5-11(3-7,4-8)6-13;12-6-11-3-7-1-8(4-11)10(13)9(2-7)5-11;1-9(2,3)14-7(11)13-8(12)15-10(4,5)6;/h2*10-13H,4-9H2,1-3H3,(H,18,19);10-13,18H,4-9H2,1-3H3,(H,17,19);2*7-10H,1-6,13H2;7-10,13H,1-6,12H2;1-6H3;1H. The Labute approximate surface area is 692 Å². The number of rotatable bonds is 9. The number of hydrogen-bond donors (Lipinski definition) is 8. The van der Waals surface area contributed by atoms with Crippen LogP contribution in [0.15, 0.2) is 0 Å². The van der Waals surface area contributed by atoms with Gasteiger partial charge in [-0.1, -0.05) is 0 Å². The average Bonchev–Trinajstić information content (AvgIpc) is 0.769. The number of alkyl carbamates (subject to hydrolysis) is 3. The van der Waals surface area contributed by atoms with Crippen molar-refractivity contribution in [1.82, 2.24) is 16.0 Å². The highest BCUT2D eigenvalue weighted by molar-refractivity contribution is 5.85. The molecule has 24 aliphatic rings. The van der Waals surface area contributed by atoms with Crippen molar-refractivity contribution in [3.8, 4) is 0 Å². The van der Waals surface area contributed by atoms with E-state index in [1.165, 1.54) is 64.2 Å². The Kier molecular flexibility index (Phi) is 28.0. The van der Waals surface area contributed by atoms with Crippen LogP contribution in [-0.2, 0) is 28.4 Å². The molecule has 0 aromatic heterocycles. The third-order valence-electron chi connectivity index (χ3n) is 31.1. The molecule has 660 valence electrons. The van der Waals surface area contributed by atoms with E-state index in [-0.39, 0.29) is 82.8 Å². The molecule has 24 bridgehead atoms. The maximum atomic E-state index is 14.2. The van der Waals surface area contributed by atoms with Crippen LogP contribution in [0.2, 0.25) is 0 Å². The Bertz CT molecular complexity index is 2920. The normalized spacial score (nSPS) is 43.7. The van der Waals surface area contributed by atoms with E-state index in [9.17, 15) is 51.7 Å². The molecule has 0 heterocycles. The summed E-state index contributed by atoms with van der Waals surface area (Å²) in [5.41, 5.74) is 16.5. The number of hydrogen-bond acceptors (Lipinski definition) is 16. The molecule has 24 rings (SSSR count). The van der Waals surface area contributed by atoms with Gasteiger partial charge in [-0.25, -0.2) is 41.5 Å². The molecule has 3 amide bonds. The highest BCUT2D eigenvalue weighted by atomic mass is 35.5. The van der Waals surface area contributed by atoms with E-state index < -0.39 is 65.0 Å². The lowest BCUT2D eigenvalue weighted by atomic mass is 9.48. The molecule has 115 heavy (non-hydrogen) atoms.